The molecule has 0 bridgehead atoms. The lowest BCUT2D eigenvalue weighted by Crippen LogP contribution is -2.41. The highest BCUT2D eigenvalue weighted by molar-refractivity contribution is 7.99. The fourth-order valence-electron chi connectivity index (χ4n) is 3.14. The van der Waals surface area contributed by atoms with Crippen molar-refractivity contribution in [2.75, 3.05) is 16.4 Å². The van der Waals surface area contributed by atoms with Crippen LogP contribution in [0.4, 0.5) is 11.5 Å². The van der Waals surface area contributed by atoms with Crippen molar-refractivity contribution in [1.82, 2.24) is 24.7 Å². The van der Waals surface area contributed by atoms with Crippen molar-refractivity contribution in [3.63, 3.8) is 0 Å². The second kappa shape index (κ2) is 10.8. The number of hydrogen-bond donors (Lipinski definition) is 3. The highest BCUT2D eigenvalue weighted by atomic mass is 32.2. The number of nitrogens with zero attached hydrogens (tertiary/aromatic N) is 4. The van der Waals surface area contributed by atoms with Gasteiger partial charge in [0.25, 0.3) is 5.56 Å². The molecule has 3 rings (SSSR count). The van der Waals surface area contributed by atoms with E-state index in [2.05, 4.69) is 20.2 Å². The Hall–Kier alpha value is -3.34. The maximum atomic E-state index is 13.3. The van der Waals surface area contributed by atoms with Crippen LogP contribution >= 0.6 is 11.8 Å². The number of nitrogens with two attached hydrogens (primary N) is 1. The van der Waals surface area contributed by atoms with Crippen molar-refractivity contribution >= 4 is 29.2 Å². The molecule has 4 N–H and O–H groups in total. The molecule has 0 atom stereocenters. The molecule has 0 fully saturated rings. The van der Waals surface area contributed by atoms with E-state index in [1.807, 2.05) is 44.2 Å². The number of carbonyl (C=O) groups is 1. The zero-order valence-corrected chi connectivity index (χ0v) is 18.9. The number of carbonyl (C=O) groups excluding carboxylic acids is 1. The van der Waals surface area contributed by atoms with Crippen molar-refractivity contribution in [3.05, 3.63) is 62.6 Å². The molecule has 0 spiro atoms. The van der Waals surface area contributed by atoms with Gasteiger partial charge in [-0.15, -0.1) is 5.10 Å². The van der Waals surface area contributed by atoms with Gasteiger partial charge in [-0.2, -0.15) is 0 Å². The van der Waals surface area contributed by atoms with Gasteiger partial charge in [0, 0.05) is 13.0 Å². The number of hydrogen-bond acceptors (Lipinski definition) is 7. The summed E-state index contributed by atoms with van der Waals surface area (Å²) in [5.74, 6) is 0.359. The van der Waals surface area contributed by atoms with Crippen LogP contribution in [0.3, 0.4) is 0 Å². The minimum atomic E-state index is -0.694. The van der Waals surface area contributed by atoms with Gasteiger partial charge >= 0.3 is 5.69 Å². The topological polar surface area (TPSA) is 143 Å². The Morgan fingerprint density at radius 1 is 1.22 bits per heavy atom. The van der Waals surface area contributed by atoms with Gasteiger partial charge in [-0.1, -0.05) is 62.4 Å². The first-order chi connectivity index (χ1) is 15.4. The Bertz CT molecular complexity index is 1170. The summed E-state index contributed by atoms with van der Waals surface area (Å²) in [6.07, 6.45) is 2.26. The van der Waals surface area contributed by atoms with E-state index in [9.17, 15) is 14.4 Å². The summed E-state index contributed by atoms with van der Waals surface area (Å²) in [4.78, 5) is 46.3. The zero-order chi connectivity index (χ0) is 23.1. The lowest BCUT2D eigenvalue weighted by molar-refractivity contribution is -0.116. The molecular weight excluding hydrogens is 430 g/mol. The molecule has 0 aliphatic carbocycles. The van der Waals surface area contributed by atoms with E-state index in [4.69, 9.17) is 5.73 Å². The zero-order valence-electron chi connectivity index (χ0n) is 18.1. The van der Waals surface area contributed by atoms with Gasteiger partial charge in [0.2, 0.25) is 11.1 Å². The quantitative estimate of drug-likeness (QED) is 0.395. The molecule has 0 saturated heterocycles. The summed E-state index contributed by atoms with van der Waals surface area (Å²) >= 11 is 1.16. The summed E-state index contributed by atoms with van der Waals surface area (Å²) in [5.41, 5.74) is 5.77. The number of anilines is 2. The van der Waals surface area contributed by atoms with Crippen LogP contribution in [-0.2, 0) is 24.3 Å². The van der Waals surface area contributed by atoms with Gasteiger partial charge in [-0.05, 0) is 12.0 Å². The molecule has 2 aromatic heterocycles. The van der Waals surface area contributed by atoms with E-state index in [1.165, 1.54) is 9.47 Å². The number of thioether (sulfide) groups is 1. The Morgan fingerprint density at radius 3 is 2.62 bits per heavy atom. The highest BCUT2D eigenvalue weighted by Crippen LogP contribution is 2.22. The molecule has 10 nitrogen and oxygen atoms in total. The second-order valence-corrected chi connectivity index (χ2v) is 8.11. The van der Waals surface area contributed by atoms with Gasteiger partial charge in [0.05, 0.1) is 12.3 Å². The molecule has 170 valence electrons. The number of aromatic amines is 2. The predicted molar refractivity (Wildman–Crippen MR) is 125 cm³/mol. The number of aryl methyl sites for hydroxylation is 1. The first kappa shape index (κ1) is 23.3. The van der Waals surface area contributed by atoms with Gasteiger partial charge in [-0.25, -0.2) is 9.78 Å². The van der Waals surface area contributed by atoms with Crippen molar-refractivity contribution in [2.24, 2.45) is 0 Å². The van der Waals surface area contributed by atoms with Crippen molar-refractivity contribution in [2.45, 2.75) is 51.4 Å². The fraction of sp³-hybridized carbons (Fsp3) is 0.381. The monoisotopic (exact) mass is 457 g/mol. The van der Waals surface area contributed by atoms with Crippen LogP contribution in [-0.4, -0.2) is 36.4 Å². The Kier molecular flexibility index (Phi) is 7.87. The lowest BCUT2D eigenvalue weighted by Gasteiger charge is -2.24. The number of rotatable bonds is 10. The maximum absolute atomic E-state index is 13.3. The second-order valence-electron chi connectivity index (χ2n) is 7.17. The maximum Gasteiger partial charge on any atom is 0.330 e. The van der Waals surface area contributed by atoms with Gasteiger partial charge < -0.3 is 5.73 Å². The highest BCUT2D eigenvalue weighted by Gasteiger charge is 2.25. The lowest BCUT2D eigenvalue weighted by atomic mass is 10.2. The largest absolute Gasteiger partial charge is 0.383 e. The van der Waals surface area contributed by atoms with E-state index in [1.54, 1.807) is 0 Å². The van der Waals surface area contributed by atoms with Crippen molar-refractivity contribution in [1.29, 1.82) is 0 Å². The van der Waals surface area contributed by atoms with Crippen LogP contribution in [0.15, 0.2) is 45.1 Å². The Labute approximate surface area is 189 Å². The minimum absolute atomic E-state index is 0.000801. The van der Waals surface area contributed by atoms with E-state index >= 15 is 0 Å². The standard InChI is InChI=1S/C21H27N7O3S/c1-3-5-11-27-18(22)17(19(30)24-21(27)31)28(12-14-9-7-6-8-10-14)16(29)13-32-20-23-15(4-2)25-26-20/h6-10H,3-5,11-13,22H2,1-2H3,(H,23,25,26)(H,24,30,31). The number of unbranched alkanes of at least 4 members (excludes halogenated alkanes) is 1. The molecular formula is C21H27N7O3S. The molecule has 0 aliphatic heterocycles. The van der Waals surface area contributed by atoms with E-state index < -0.39 is 11.2 Å². The summed E-state index contributed by atoms with van der Waals surface area (Å²) in [7, 11) is 0. The first-order valence-electron chi connectivity index (χ1n) is 10.5. The molecule has 32 heavy (non-hydrogen) atoms. The summed E-state index contributed by atoms with van der Waals surface area (Å²) in [6, 6.07) is 9.28. The Morgan fingerprint density at radius 2 is 1.97 bits per heavy atom. The number of nitrogens with one attached hydrogen (secondary N) is 2. The summed E-state index contributed by atoms with van der Waals surface area (Å²) < 4.78 is 1.31. The molecule has 0 aliphatic rings. The Balaban J connectivity index is 1.96. The molecule has 1 aromatic carbocycles. The first-order valence-corrected chi connectivity index (χ1v) is 11.4. The van der Waals surface area contributed by atoms with Crippen LogP contribution in [0, 0.1) is 0 Å². The number of benzene rings is 1. The number of nitrogen functional groups attached to an aromatic ring is 1. The molecule has 2 heterocycles. The third-order valence-electron chi connectivity index (χ3n) is 4.87. The third kappa shape index (κ3) is 5.47. The molecule has 1 amide bonds. The average Bonchev–Trinajstić information content (AvgIpc) is 3.25. The van der Waals surface area contributed by atoms with Gasteiger partial charge in [0.1, 0.15) is 11.6 Å². The summed E-state index contributed by atoms with van der Waals surface area (Å²) in [5, 5.41) is 7.35. The van der Waals surface area contributed by atoms with Gasteiger partial charge in [-0.3, -0.25) is 29.1 Å². The van der Waals surface area contributed by atoms with E-state index in [0.717, 1.165) is 29.6 Å². The molecule has 0 radical (unpaired) electrons. The average molecular weight is 458 g/mol. The van der Waals surface area contributed by atoms with Crippen LogP contribution in [0.2, 0.25) is 0 Å². The van der Waals surface area contributed by atoms with Crippen molar-refractivity contribution < 1.29 is 4.79 Å². The SMILES string of the molecule is CCCCn1c(N)c(N(Cc2ccccc2)C(=O)CSc2n[nH]c(CC)n2)c(=O)[nH]c1=O. The van der Waals surface area contributed by atoms with E-state index in [0.29, 0.717) is 24.5 Å². The predicted octanol–water partition coefficient (Wildman–Crippen LogP) is 1.92. The smallest absolute Gasteiger partial charge is 0.330 e. The van der Waals surface area contributed by atoms with Crippen LogP contribution < -0.4 is 21.9 Å². The minimum Gasteiger partial charge on any atom is -0.383 e. The van der Waals surface area contributed by atoms with Gasteiger partial charge in [0.15, 0.2) is 5.69 Å². The number of aromatic nitrogens is 5. The molecule has 0 saturated carbocycles. The van der Waals surface area contributed by atoms with E-state index in [-0.39, 0.29) is 29.7 Å². The third-order valence-corrected chi connectivity index (χ3v) is 5.71. The molecule has 3 aromatic rings. The molecule has 0 unspecified atom stereocenters. The number of amides is 1. The van der Waals surface area contributed by atoms with Crippen LogP contribution in [0.1, 0.15) is 38.1 Å². The molecule has 11 heteroatoms. The summed E-state index contributed by atoms with van der Waals surface area (Å²) in [6.45, 7) is 4.42. The fourth-order valence-corrected chi connectivity index (χ4v) is 3.83. The number of H-pyrrole nitrogens is 2. The van der Waals surface area contributed by atoms with Crippen LogP contribution in [0.5, 0.6) is 0 Å². The van der Waals surface area contributed by atoms with Crippen molar-refractivity contribution in [3.8, 4) is 0 Å². The normalized spacial score (nSPS) is 10.9. The van der Waals surface area contributed by atoms with Crippen LogP contribution in [0.25, 0.3) is 0 Å².